The predicted molar refractivity (Wildman–Crippen MR) is 93.6 cm³/mol. The zero-order valence-electron chi connectivity index (χ0n) is 13.8. The Bertz CT molecular complexity index is 1000. The highest BCUT2D eigenvalue weighted by Crippen LogP contribution is 2.41. The molecule has 3 rings (SSSR count). The number of fused-ring (bicyclic) bond motifs is 2. The lowest BCUT2D eigenvalue weighted by Gasteiger charge is -2.12. The Morgan fingerprint density at radius 3 is 2.60 bits per heavy atom. The summed E-state index contributed by atoms with van der Waals surface area (Å²) < 4.78 is 27.0. The van der Waals surface area contributed by atoms with Gasteiger partial charge in [-0.15, -0.1) is 0 Å². The van der Waals surface area contributed by atoms with Crippen molar-refractivity contribution in [2.24, 2.45) is 0 Å². The van der Waals surface area contributed by atoms with Crippen molar-refractivity contribution in [1.82, 2.24) is 0 Å². The van der Waals surface area contributed by atoms with Crippen LogP contribution >= 0.6 is 12.6 Å². The molecule has 8 heteroatoms. The molecule has 0 bridgehead atoms. The number of carbonyl (C=O) groups excluding carboxylic acids is 1. The van der Waals surface area contributed by atoms with E-state index in [9.17, 15) is 9.59 Å². The second-order valence-corrected chi connectivity index (χ2v) is 6.07. The van der Waals surface area contributed by atoms with Gasteiger partial charge in [-0.25, -0.2) is 0 Å². The Labute approximate surface area is 147 Å². The van der Waals surface area contributed by atoms with Crippen LogP contribution in [0.2, 0.25) is 0 Å². The molecule has 2 aromatic heterocycles. The Morgan fingerprint density at radius 1 is 1.24 bits per heavy atom. The van der Waals surface area contributed by atoms with Crippen molar-refractivity contribution in [2.45, 2.75) is 18.8 Å². The van der Waals surface area contributed by atoms with Crippen molar-refractivity contribution in [1.29, 1.82) is 0 Å². The van der Waals surface area contributed by atoms with E-state index in [1.54, 1.807) is 13.0 Å². The third-order valence-corrected chi connectivity index (χ3v) is 3.86. The number of furan rings is 1. The van der Waals surface area contributed by atoms with Gasteiger partial charge in [0.05, 0.1) is 31.1 Å². The maximum Gasteiger partial charge on any atom is 0.318 e. The van der Waals surface area contributed by atoms with E-state index in [1.165, 1.54) is 26.5 Å². The second kappa shape index (κ2) is 6.72. The summed E-state index contributed by atoms with van der Waals surface area (Å²) in [7, 11) is 2.90. The lowest BCUT2D eigenvalue weighted by Crippen LogP contribution is -2.15. The van der Waals surface area contributed by atoms with Crippen LogP contribution in [0.1, 0.15) is 12.7 Å². The monoisotopic (exact) mass is 364 g/mol. The van der Waals surface area contributed by atoms with Crippen molar-refractivity contribution in [3.05, 3.63) is 34.4 Å². The fourth-order valence-electron chi connectivity index (χ4n) is 2.55. The van der Waals surface area contributed by atoms with E-state index < -0.39 is 11.2 Å². The van der Waals surface area contributed by atoms with Crippen LogP contribution in [0.25, 0.3) is 21.9 Å². The molecule has 132 valence electrons. The van der Waals surface area contributed by atoms with E-state index in [1.807, 2.05) is 0 Å². The minimum absolute atomic E-state index is 0.166. The molecule has 0 saturated carbocycles. The summed E-state index contributed by atoms with van der Waals surface area (Å²) in [6.45, 7) is 1.39. The van der Waals surface area contributed by atoms with Gasteiger partial charge in [-0.3, -0.25) is 9.59 Å². The third-order valence-electron chi connectivity index (χ3n) is 3.65. The third kappa shape index (κ3) is 2.93. The number of carbonyl (C=O) groups is 1. The van der Waals surface area contributed by atoms with Gasteiger partial charge >= 0.3 is 5.97 Å². The van der Waals surface area contributed by atoms with Crippen LogP contribution in [0, 0.1) is 0 Å². The molecule has 0 radical (unpaired) electrons. The van der Waals surface area contributed by atoms with Gasteiger partial charge in [0.15, 0.2) is 16.6 Å². The second-order valence-electron chi connectivity index (χ2n) is 5.29. The number of benzene rings is 1. The van der Waals surface area contributed by atoms with Gasteiger partial charge < -0.3 is 23.0 Å². The molecule has 0 N–H and O–H groups in total. The fraction of sp³-hybridized carbons (Fsp3) is 0.294. The Morgan fingerprint density at radius 2 is 1.96 bits per heavy atom. The average Bonchev–Trinajstić information content (AvgIpc) is 3.06. The summed E-state index contributed by atoms with van der Waals surface area (Å²) in [5, 5.41) is 0.248. The fourth-order valence-corrected chi connectivity index (χ4v) is 2.62. The Balaban J connectivity index is 2.21. The van der Waals surface area contributed by atoms with Crippen molar-refractivity contribution in [2.75, 3.05) is 14.2 Å². The SMILES string of the molecule is COc1c2occc2c(OC)c2c(=O)cc(COC(=O)C(C)S)oc12. The van der Waals surface area contributed by atoms with Crippen LogP contribution in [0.15, 0.2) is 32.0 Å². The standard InChI is InChI=1S/C17H16O7S/c1-8(25)17(19)23-7-9-6-11(18)12-13(20-2)10-4-5-22-14(10)16(21-3)15(12)24-9/h4-6,8,25H,7H2,1-3H3. The Hall–Kier alpha value is -2.61. The van der Waals surface area contributed by atoms with Crippen LogP contribution in [-0.4, -0.2) is 25.4 Å². The highest BCUT2D eigenvalue weighted by atomic mass is 32.1. The largest absolute Gasteiger partial charge is 0.495 e. The molecular weight excluding hydrogens is 348 g/mol. The van der Waals surface area contributed by atoms with Crippen molar-refractivity contribution < 1.29 is 27.8 Å². The van der Waals surface area contributed by atoms with Crippen molar-refractivity contribution in [3.8, 4) is 11.5 Å². The summed E-state index contributed by atoms with van der Waals surface area (Å²) in [5.41, 5.74) is 0.219. The number of hydrogen-bond acceptors (Lipinski definition) is 8. The smallest absolute Gasteiger partial charge is 0.318 e. The van der Waals surface area contributed by atoms with E-state index in [0.717, 1.165) is 0 Å². The van der Waals surface area contributed by atoms with Gasteiger partial charge in [0, 0.05) is 6.07 Å². The first-order chi connectivity index (χ1) is 12.0. The highest BCUT2D eigenvalue weighted by molar-refractivity contribution is 7.81. The minimum atomic E-state index is -0.579. The number of thiol groups is 1. The number of ether oxygens (including phenoxy) is 3. The van der Waals surface area contributed by atoms with Crippen LogP contribution in [0.3, 0.4) is 0 Å². The molecule has 3 aromatic rings. The maximum atomic E-state index is 12.6. The highest BCUT2D eigenvalue weighted by Gasteiger charge is 2.23. The van der Waals surface area contributed by atoms with Crippen molar-refractivity contribution >= 4 is 40.5 Å². The molecule has 0 spiro atoms. The molecule has 0 aliphatic carbocycles. The van der Waals surface area contributed by atoms with E-state index in [-0.39, 0.29) is 34.5 Å². The molecule has 25 heavy (non-hydrogen) atoms. The minimum Gasteiger partial charge on any atom is -0.495 e. The van der Waals surface area contributed by atoms with Crippen LogP contribution in [0.4, 0.5) is 0 Å². The lowest BCUT2D eigenvalue weighted by molar-refractivity contribution is -0.144. The van der Waals surface area contributed by atoms with E-state index >= 15 is 0 Å². The number of methoxy groups -OCH3 is 2. The van der Waals surface area contributed by atoms with Gasteiger partial charge in [-0.1, -0.05) is 0 Å². The number of rotatable bonds is 5. The van der Waals surface area contributed by atoms with Gasteiger partial charge in [-0.05, 0) is 13.0 Å². The van der Waals surface area contributed by atoms with Gasteiger partial charge in [0.1, 0.15) is 23.5 Å². The quantitative estimate of drug-likeness (QED) is 0.550. The summed E-state index contributed by atoms with van der Waals surface area (Å²) in [6, 6.07) is 2.94. The van der Waals surface area contributed by atoms with Crippen LogP contribution in [-0.2, 0) is 16.1 Å². The molecule has 0 saturated heterocycles. The molecule has 1 aromatic carbocycles. The molecular formula is C17H16O7S. The molecule has 2 heterocycles. The number of hydrogen-bond donors (Lipinski definition) is 1. The molecule has 1 unspecified atom stereocenters. The van der Waals surface area contributed by atoms with E-state index in [0.29, 0.717) is 16.7 Å². The lowest BCUT2D eigenvalue weighted by atomic mass is 10.1. The van der Waals surface area contributed by atoms with Gasteiger partial charge in [0.2, 0.25) is 5.75 Å². The van der Waals surface area contributed by atoms with E-state index in [2.05, 4.69) is 12.6 Å². The molecule has 7 nitrogen and oxygen atoms in total. The normalized spacial score (nSPS) is 12.3. The first-order valence-corrected chi connectivity index (χ1v) is 7.92. The molecule has 0 fully saturated rings. The number of esters is 1. The maximum absolute atomic E-state index is 12.6. The van der Waals surface area contributed by atoms with Gasteiger partial charge in [-0.2, -0.15) is 12.6 Å². The first kappa shape index (κ1) is 17.2. The summed E-state index contributed by atoms with van der Waals surface area (Å²) in [4.78, 5) is 24.2. The zero-order valence-corrected chi connectivity index (χ0v) is 14.7. The van der Waals surface area contributed by atoms with Crippen LogP contribution < -0.4 is 14.9 Å². The molecule has 0 amide bonds. The van der Waals surface area contributed by atoms with Crippen molar-refractivity contribution in [3.63, 3.8) is 0 Å². The van der Waals surface area contributed by atoms with E-state index in [4.69, 9.17) is 23.0 Å². The molecule has 0 aliphatic heterocycles. The zero-order chi connectivity index (χ0) is 18.1. The van der Waals surface area contributed by atoms with Crippen LogP contribution in [0.5, 0.6) is 11.5 Å². The predicted octanol–water partition coefficient (Wildman–Crippen LogP) is 2.92. The summed E-state index contributed by atoms with van der Waals surface area (Å²) in [5.74, 6) is 0.257. The Kier molecular flexibility index (Phi) is 4.63. The summed E-state index contributed by atoms with van der Waals surface area (Å²) >= 11 is 3.99. The van der Waals surface area contributed by atoms with Gasteiger partial charge in [0.25, 0.3) is 0 Å². The first-order valence-electron chi connectivity index (χ1n) is 7.40. The molecule has 0 aliphatic rings. The topological polar surface area (TPSA) is 88.1 Å². The average molecular weight is 364 g/mol. The molecule has 1 atom stereocenters. The summed E-state index contributed by atoms with van der Waals surface area (Å²) in [6.07, 6.45) is 1.47.